The second kappa shape index (κ2) is 6.06. The van der Waals surface area contributed by atoms with E-state index >= 15 is 0 Å². The highest BCUT2D eigenvalue weighted by Gasteiger charge is 2.27. The Kier molecular flexibility index (Phi) is 3.73. The molecule has 25 heavy (non-hydrogen) atoms. The number of ketones is 1. The van der Waals surface area contributed by atoms with E-state index in [9.17, 15) is 4.79 Å². The third-order valence-electron chi connectivity index (χ3n) is 4.52. The number of carbonyl (C=O) groups is 1. The van der Waals surface area contributed by atoms with Gasteiger partial charge in [-0.2, -0.15) is 0 Å². The van der Waals surface area contributed by atoms with Gasteiger partial charge in [0.05, 0.1) is 19.7 Å². The quantitative estimate of drug-likeness (QED) is 0.679. The molecule has 0 radical (unpaired) electrons. The van der Waals surface area contributed by atoms with Crippen LogP contribution in [0.4, 0.5) is 0 Å². The number of aromatic nitrogens is 1. The second-order valence-corrected chi connectivity index (χ2v) is 5.96. The topological polar surface area (TPSA) is 48.4 Å². The minimum absolute atomic E-state index is 0.0314. The number of ether oxygens (including phenoxy) is 2. The van der Waals surface area contributed by atoms with Crippen molar-refractivity contribution in [1.29, 1.82) is 0 Å². The van der Waals surface area contributed by atoms with Crippen molar-refractivity contribution in [1.82, 2.24) is 4.98 Å². The van der Waals surface area contributed by atoms with Crippen molar-refractivity contribution in [3.63, 3.8) is 0 Å². The number of pyridine rings is 1. The number of hydrogen-bond donors (Lipinski definition) is 0. The number of rotatable bonds is 3. The Balaban J connectivity index is 1.79. The largest absolute Gasteiger partial charge is 0.493 e. The van der Waals surface area contributed by atoms with Crippen LogP contribution in [0.5, 0.6) is 11.5 Å². The molecule has 1 aromatic heterocycles. The molecule has 0 N–H and O–H groups in total. The van der Waals surface area contributed by atoms with Crippen LogP contribution in [0.25, 0.3) is 17.0 Å². The molecule has 4 rings (SSSR count). The monoisotopic (exact) mass is 331 g/mol. The molecule has 0 spiro atoms. The van der Waals surface area contributed by atoms with E-state index in [4.69, 9.17) is 9.47 Å². The van der Waals surface area contributed by atoms with E-state index < -0.39 is 0 Å². The smallest absolute Gasteiger partial charge is 0.189 e. The van der Waals surface area contributed by atoms with Gasteiger partial charge >= 0.3 is 0 Å². The third kappa shape index (κ3) is 2.56. The first-order valence-corrected chi connectivity index (χ1v) is 8.05. The lowest BCUT2D eigenvalue weighted by Gasteiger charge is -2.08. The Morgan fingerprint density at radius 3 is 2.60 bits per heavy atom. The van der Waals surface area contributed by atoms with Gasteiger partial charge in [-0.05, 0) is 29.8 Å². The fourth-order valence-electron chi connectivity index (χ4n) is 3.29. The summed E-state index contributed by atoms with van der Waals surface area (Å²) in [6, 6.07) is 13.6. The van der Waals surface area contributed by atoms with Gasteiger partial charge in [0.1, 0.15) is 0 Å². The summed E-state index contributed by atoms with van der Waals surface area (Å²) >= 11 is 0. The molecular formula is C21H17NO3. The molecule has 0 saturated carbocycles. The minimum atomic E-state index is 0.0314. The first-order valence-electron chi connectivity index (χ1n) is 8.05. The van der Waals surface area contributed by atoms with E-state index in [-0.39, 0.29) is 5.78 Å². The van der Waals surface area contributed by atoms with Crippen molar-refractivity contribution in [3.8, 4) is 11.5 Å². The zero-order chi connectivity index (χ0) is 17.4. The van der Waals surface area contributed by atoms with Crippen molar-refractivity contribution in [2.45, 2.75) is 6.42 Å². The van der Waals surface area contributed by atoms with Crippen LogP contribution in [-0.2, 0) is 6.42 Å². The predicted octanol–water partition coefficient (Wildman–Crippen LogP) is 4.07. The molecule has 4 heteroatoms. The zero-order valence-electron chi connectivity index (χ0n) is 14.1. The van der Waals surface area contributed by atoms with E-state index in [1.165, 1.54) is 0 Å². The average molecular weight is 331 g/mol. The summed E-state index contributed by atoms with van der Waals surface area (Å²) in [7, 11) is 3.17. The lowest BCUT2D eigenvalue weighted by atomic mass is 10.0. The number of nitrogens with zero attached hydrogens (tertiary/aromatic N) is 1. The van der Waals surface area contributed by atoms with Crippen LogP contribution in [0.2, 0.25) is 0 Å². The van der Waals surface area contributed by atoms with Crippen LogP contribution >= 0.6 is 0 Å². The zero-order valence-corrected chi connectivity index (χ0v) is 14.1. The van der Waals surface area contributed by atoms with Gasteiger partial charge in [0.25, 0.3) is 0 Å². The lowest BCUT2D eigenvalue weighted by molar-refractivity contribution is 0.104. The fraction of sp³-hybridized carbons (Fsp3) is 0.143. The van der Waals surface area contributed by atoms with Crippen LogP contribution in [0.15, 0.2) is 54.2 Å². The molecule has 0 aliphatic heterocycles. The van der Waals surface area contributed by atoms with Crippen LogP contribution in [-0.4, -0.2) is 25.0 Å². The van der Waals surface area contributed by atoms with Gasteiger partial charge in [-0.15, -0.1) is 0 Å². The Labute approximate surface area is 145 Å². The summed E-state index contributed by atoms with van der Waals surface area (Å²) in [6.07, 6.45) is 4.29. The fourth-order valence-corrected chi connectivity index (χ4v) is 3.29. The number of allylic oxidation sites excluding steroid dienone is 1. The van der Waals surface area contributed by atoms with E-state index in [0.717, 1.165) is 27.6 Å². The van der Waals surface area contributed by atoms with Crippen LogP contribution in [0.1, 0.15) is 21.5 Å². The van der Waals surface area contributed by atoms with Crippen molar-refractivity contribution in [3.05, 3.63) is 70.9 Å². The molecule has 1 aliphatic rings. The highest BCUT2D eigenvalue weighted by molar-refractivity contribution is 6.16. The standard InChI is InChI=1S/C21H17NO3/c1-24-18-11-15-10-16(21(23)17(15)12-19(18)25-2)9-14-6-3-5-13-7-4-8-22-20(13)14/h3-9,11-12H,10H2,1-2H3/b16-9+. The van der Waals surface area contributed by atoms with Crippen molar-refractivity contribution in [2.24, 2.45) is 0 Å². The maximum atomic E-state index is 12.8. The highest BCUT2D eigenvalue weighted by Crippen LogP contribution is 2.37. The SMILES string of the molecule is COc1cc2c(cc1OC)C(=O)/C(=C/c1cccc3cccnc13)C2. The molecule has 4 nitrogen and oxygen atoms in total. The number of methoxy groups -OCH3 is 2. The van der Waals surface area contributed by atoms with Crippen molar-refractivity contribution < 1.29 is 14.3 Å². The lowest BCUT2D eigenvalue weighted by Crippen LogP contribution is -1.97. The molecule has 0 fully saturated rings. The molecule has 1 aliphatic carbocycles. The normalized spacial score (nSPS) is 14.8. The predicted molar refractivity (Wildman–Crippen MR) is 97.3 cm³/mol. The molecule has 0 bridgehead atoms. The molecule has 0 amide bonds. The van der Waals surface area contributed by atoms with Crippen LogP contribution in [0.3, 0.4) is 0 Å². The molecule has 0 saturated heterocycles. The summed E-state index contributed by atoms with van der Waals surface area (Å²) in [6.45, 7) is 0. The van der Waals surface area contributed by atoms with E-state index in [2.05, 4.69) is 4.98 Å². The number of hydrogen-bond acceptors (Lipinski definition) is 4. The van der Waals surface area contributed by atoms with Crippen LogP contribution < -0.4 is 9.47 Å². The number of para-hydroxylation sites is 1. The third-order valence-corrected chi connectivity index (χ3v) is 4.52. The molecule has 3 aromatic rings. The summed E-state index contributed by atoms with van der Waals surface area (Å²) in [4.78, 5) is 17.3. The molecule has 124 valence electrons. The maximum absolute atomic E-state index is 12.8. The van der Waals surface area contributed by atoms with Gasteiger partial charge in [-0.25, -0.2) is 0 Å². The van der Waals surface area contributed by atoms with Gasteiger partial charge in [0, 0.05) is 34.7 Å². The number of Topliss-reactive ketones (excluding diaryl/α,β-unsaturated/α-hetero) is 1. The summed E-state index contributed by atoms with van der Waals surface area (Å²) in [5.74, 6) is 1.24. The molecule has 0 unspecified atom stereocenters. The Morgan fingerprint density at radius 2 is 1.80 bits per heavy atom. The molecule has 2 aromatic carbocycles. The average Bonchev–Trinajstić information content (AvgIpc) is 2.95. The van der Waals surface area contributed by atoms with Crippen molar-refractivity contribution >= 4 is 22.8 Å². The van der Waals surface area contributed by atoms with Gasteiger partial charge in [0.15, 0.2) is 17.3 Å². The Morgan fingerprint density at radius 1 is 1.04 bits per heavy atom. The van der Waals surface area contributed by atoms with Crippen molar-refractivity contribution in [2.75, 3.05) is 14.2 Å². The van der Waals surface area contributed by atoms with E-state index in [1.54, 1.807) is 26.5 Å². The molecule has 1 heterocycles. The minimum Gasteiger partial charge on any atom is -0.493 e. The van der Waals surface area contributed by atoms with E-state index in [0.29, 0.717) is 23.5 Å². The summed E-state index contributed by atoms with van der Waals surface area (Å²) in [5.41, 5.74) is 4.24. The van der Waals surface area contributed by atoms with Gasteiger partial charge < -0.3 is 9.47 Å². The molecule has 0 atom stereocenters. The highest BCUT2D eigenvalue weighted by atomic mass is 16.5. The first kappa shape index (κ1) is 15.4. The van der Waals surface area contributed by atoms with Gasteiger partial charge in [-0.1, -0.05) is 24.3 Å². The van der Waals surface area contributed by atoms with Gasteiger partial charge in [0.2, 0.25) is 0 Å². The number of benzene rings is 2. The van der Waals surface area contributed by atoms with Gasteiger partial charge in [-0.3, -0.25) is 9.78 Å². The Bertz CT molecular complexity index is 1020. The van der Waals surface area contributed by atoms with E-state index in [1.807, 2.05) is 42.5 Å². The maximum Gasteiger partial charge on any atom is 0.189 e. The number of fused-ring (bicyclic) bond motifs is 2. The summed E-state index contributed by atoms with van der Waals surface area (Å²) < 4.78 is 10.7. The second-order valence-electron chi connectivity index (χ2n) is 5.96. The van der Waals surface area contributed by atoms with Crippen LogP contribution in [0, 0.1) is 0 Å². The molecular weight excluding hydrogens is 314 g/mol. The first-order chi connectivity index (χ1) is 12.2. The Hall–Kier alpha value is -3.14. The summed E-state index contributed by atoms with van der Waals surface area (Å²) in [5, 5.41) is 1.06. The number of carbonyl (C=O) groups excluding carboxylic acids is 1.